The van der Waals surface area contributed by atoms with Crippen LogP contribution in [-0.4, -0.2) is 5.91 Å². The van der Waals surface area contributed by atoms with Crippen LogP contribution in [0.15, 0.2) is 17.3 Å². The first kappa shape index (κ1) is 9.38. The van der Waals surface area contributed by atoms with Gasteiger partial charge in [-0.3, -0.25) is 4.79 Å². The molecule has 68 valence electrons. The van der Waals surface area contributed by atoms with Crippen LogP contribution in [-0.2, 0) is 0 Å². The molecule has 0 aliphatic rings. The summed E-state index contributed by atoms with van der Waals surface area (Å²) in [7, 11) is 0. The first-order valence-corrected chi connectivity index (χ1v) is 3.80. The average Bonchev–Trinajstić information content (AvgIpc) is 2.03. The summed E-state index contributed by atoms with van der Waals surface area (Å²) in [5.74, 6) is -0.497. The number of nitrogens with two attached hydrogens (primary N) is 1. The van der Waals surface area contributed by atoms with E-state index in [4.69, 9.17) is 5.73 Å². The Labute approximate surface area is 75.7 Å². The molecule has 0 atom stereocenters. The second kappa shape index (κ2) is 3.35. The Kier molecular flexibility index (Phi) is 2.41. The molecule has 0 saturated heterocycles. The van der Waals surface area contributed by atoms with Crippen molar-refractivity contribution in [2.24, 2.45) is 10.9 Å². The zero-order chi connectivity index (χ0) is 10.0. The van der Waals surface area contributed by atoms with E-state index in [0.717, 1.165) is 0 Å². The number of nitroso groups, excluding NO2 is 1. The number of nitrogens with zero attached hydrogens (tertiary/aromatic N) is 1. The largest absolute Gasteiger partial charge is 0.366 e. The van der Waals surface area contributed by atoms with E-state index in [1.165, 1.54) is 0 Å². The molecule has 0 aliphatic heterocycles. The van der Waals surface area contributed by atoms with Crippen molar-refractivity contribution < 1.29 is 4.79 Å². The van der Waals surface area contributed by atoms with Crippen molar-refractivity contribution in [3.63, 3.8) is 0 Å². The number of carbonyl (C=O) groups is 1. The molecule has 0 aliphatic carbocycles. The number of hydrogen-bond donors (Lipinski definition) is 1. The molecule has 0 spiro atoms. The molecule has 0 fully saturated rings. The fraction of sp³-hybridized carbons (Fsp3) is 0.222. The van der Waals surface area contributed by atoms with E-state index in [1.807, 2.05) is 0 Å². The standard InChI is InChI=1S/C9H10N2O2/c1-5-3-7(9(10)12)4-6(2)8(5)11-13/h3-4H,1-2H3,(H2,10,12). The van der Waals surface area contributed by atoms with E-state index in [1.54, 1.807) is 26.0 Å². The molecule has 0 unspecified atom stereocenters. The monoisotopic (exact) mass is 178 g/mol. The Morgan fingerprint density at radius 1 is 1.31 bits per heavy atom. The van der Waals surface area contributed by atoms with E-state index in [2.05, 4.69) is 5.18 Å². The lowest BCUT2D eigenvalue weighted by Gasteiger charge is -2.03. The summed E-state index contributed by atoms with van der Waals surface area (Å²) in [6.07, 6.45) is 0. The van der Waals surface area contributed by atoms with E-state index in [0.29, 0.717) is 22.4 Å². The molecule has 1 aromatic carbocycles. The highest BCUT2D eigenvalue weighted by atomic mass is 16.3. The SMILES string of the molecule is Cc1cc(C(N)=O)cc(C)c1N=O. The van der Waals surface area contributed by atoms with Crippen LogP contribution in [0, 0.1) is 18.8 Å². The van der Waals surface area contributed by atoms with Crippen molar-refractivity contribution in [3.05, 3.63) is 33.7 Å². The van der Waals surface area contributed by atoms with Gasteiger partial charge in [-0.2, -0.15) is 0 Å². The van der Waals surface area contributed by atoms with Gasteiger partial charge in [0, 0.05) is 5.56 Å². The highest BCUT2D eigenvalue weighted by molar-refractivity contribution is 5.93. The number of benzene rings is 1. The summed E-state index contributed by atoms with van der Waals surface area (Å²) in [6, 6.07) is 3.12. The van der Waals surface area contributed by atoms with Gasteiger partial charge in [0.2, 0.25) is 5.91 Å². The molecule has 4 nitrogen and oxygen atoms in total. The molecular weight excluding hydrogens is 168 g/mol. The van der Waals surface area contributed by atoms with Crippen molar-refractivity contribution in [2.45, 2.75) is 13.8 Å². The van der Waals surface area contributed by atoms with Crippen molar-refractivity contribution in [3.8, 4) is 0 Å². The minimum absolute atomic E-state index is 0.380. The Hall–Kier alpha value is -1.71. The van der Waals surface area contributed by atoms with E-state index < -0.39 is 5.91 Å². The number of hydrogen-bond acceptors (Lipinski definition) is 3. The van der Waals surface area contributed by atoms with Crippen LogP contribution in [0.2, 0.25) is 0 Å². The van der Waals surface area contributed by atoms with E-state index in [9.17, 15) is 9.70 Å². The molecule has 0 heterocycles. The third-order valence-corrected chi connectivity index (χ3v) is 1.87. The normalized spacial score (nSPS) is 9.69. The lowest BCUT2D eigenvalue weighted by atomic mass is 10.0. The molecule has 1 aromatic rings. The smallest absolute Gasteiger partial charge is 0.248 e. The van der Waals surface area contributed by atoms with Gasteiger partial charge in [0.1, 0.15) is 5.69 Å². The van der Waals surface area contributed by atoms with Gasteiger partial charge >= 0.3 is 0 Å². The molecule has 1 amide bonds. The fourth-order valence-corrected chi connectivity index (χ4v) is 1.24. The fourth-order valence-electron chi connectivity index (χ4n) is 1.24. The predicted octanol–water partition coefficient (Wildman–Crippen LogP) is 1.80. The van der Waals surface area contributed by atoms with Crippen LogP contribution >= 0.6 is 0 Å². The topological polar surface area (TPSA) is 72.5 Å². The highest BCUT2D eigenvalue weighted by Gasteiger charge is 2.07. The predicted molar refractivity (Wildman–Crippen MR) is 49.9 cm³/mol. The van der Waals surface area contributed by atoms with Crippen molar-refractivity contribution in [1.82, 2.24) is 0 Å². The van der Waals surface area contributed by atoms with Crippen LogP contribution < -0.4 is 5.73 Å². The minimum Gasteiger partial charge on any atom is -0.366 e. The van der Waals surface area contributed by atoms with Gasteiger partial charge in [0.15, 0.2) is 0 Å². The summed E-state index contributed by atoms with van der Waals surface area (Å²) in [5, 5.41) is 2.87. The molecule has 2 N–H and O–H groups in total. The Morgan fingerprint density at radius 2 is 1.77 bits per heavy atom. The first-order valence-electron chi connectivity index (χ1n) is 3.80. The van der Waals surface area contributed by atoms with Gasteiger partial charge in [-0.15, -0.1) is 4.91 Å². The maximum atomic E-state index is 10.8. The van der Waals surface area contributed by atoms with Crippen molar-refractivity contribution >= 4 is 11.6 Å². The lowest BCUT2D eigenvalue weighted by molar-refractivity contribution is 0.1000. The number of rotatable bonds is 2. The van der Waals surface area contributed by atoms with Gasteiger partial charge in [-0.05, 0) is 42.3 Å². The maximum absolute atomic E-state index is 10.8. The number of aryl methyl sites for hydroxylation is 2. The third kappa shape index (κ3) is 1.72. The highest BCUT2D eigenvalue weighted by Crippen LogP contribution is 2.24. The zero-order valence-corrected chi connectivity index (χ0v) is 7.50. The van der Waals surface area contributed by atoms with Crippen molar-refractivity contribution in [2.75, 3.05) is 0 Å². The van der Waals surface area contributed by atoms with Crippen molar-refractivity contribution in [1.29, 1.82) is 0 Å². The molecule has 1 rings (SSSR count). The van der Waals surface area contributed by atoms with Gasteiger partial charge in [0.25, 0.3) is 0 Å². The van der Waals surface area contributed by atoms with Crippen LogP contribution in [0.5, 0.6) is 0 Å². The van der Waals surface area contributed by atoms with Gasteiger partial charge in [-0.25, -0.2) is 0 Å². The van der Waals surface area contributed by atoms with Crippen LogP contribution in [0.4, 0.5) is 5.69 Å². The summed E-state index contributed by atoms with van der Waals surface area (Å²) < 4.78 is 0. The van der Waals surface area contributed by atoms with E-state index >= 15 is 0 Å². The van der Waals surface area contributed by atoms with Crippen LogP contribution in [0.1, 0.15) is 21.5 Å². The number of amides is 1. The Bertz CT molecular complexity index is 349. The summed E-state index contributed by atoms with van der Waals surface area (Å²) >= 11 is 0. The van der Waals surface area contributed by atoms with E-state index in [-0.39, 0.29) is 0 Å². The second-order valence-electron chi connectivity index (χ2n) is 2.91. The molecule has 13 heavy (non-hydrogen) atoms. The maximum Gasteiger partial charge on any atom is 0.248 e. The Morgan fingerprint density at radius 3 is 2.08 bits per heavy atom. The van der Waals surface area contributed by atoms with Crippen LogP contribution in [0.25, 0.3) is 0 Å². The summed E-state index contributed by atoms with van der Waals surface area (Å²) in [6.45, 7) is 3.44. The van der Waals surface area contributed by atoms with Gasteiger partial charge < -0.3 is 5.73 Å². The average molecular weight is 178 g/mol. The van der Waals surface area contributed by atoms with Crippen LogP contribution in [0.3, 0.4) is 0 Å². The van der Waals surface area contributed by atoms with Gasteiger partial charge in [0.05, 0.1) is 0 Å². The molecule has 0 bridgehead atoms. The number of primary amides is 1. The lowest BCUT2D eigenvalue weighted by Crippen LogP contribution is -2.11. The molecule has 0 aromatic heterocycles. The summed E-state index contributed by atoms with van der Waals surface area (Å²) in [4.78, 5) is 21.2. The first-order chi connectivity index (χ1) is 6.06. The molecule has 0 saturated carbocycles. The summed E-state index contributed by atoms with van der Waals surface area (Å²) in [5.41, 5.74) is 7.22. The molecule has 0 radical (unpaired) electrons. The second-order valence-corrected chi connectivity index (χ2v) is 2.91. The zero-order valence-electron chi connectivity index (χ0n) is 7.50. The number of carbonyl (C=O) groups excluding carboxylic acids is 1. The third-order valence-electron chi connectivity index (χ3n) is 1.87. The Balaban J connectivity index is 3.36. The molecular formula is C9H10N2O2. The minimum atomic E-state index is -0.497. The quantitative estimate of drug-likeness (QED) is 0.701. The van der Waals surface area contributed by atoms with Gasteiger partial charge in [-0.1, -0.05) is 0 Å². The molecule has 4 heteroatoms.